The Hall–Kier alpha value is -2.34. The average Bonchev–Trinajstić information content (AvgIpc) is 2.83. The zero-order valence-electron chi connectivity index (χ0n) is 13.2. The molecule has 0 radical (unpaired) electrons. The number of halogens is 1. The fraction of sp³-hybridized carbons (Fsp3) is 0.222. The highest BCUT2D eigenvalue weighted by Gasteiger charge is 2.17. The molecule has 6 heteroatoms. The molecule has 0 fully saturated rings. The van der Waals surface area contributed by atoms with Crippen LogP contribution in [-0.4, -0.2) is 16.3 Å². The molecule has 0 bridgehead atoms. The fourth-order valence-electron chi connectivity index (χ4n) is 2.70. The quantitative estimate of drug-likeness (QED) is 0.461. The standard InChI is InChI=1S/C18H17BrN2O3/c1-12-3-8-16-15(11-12)17(20-23)18(22)21(16)9-2-10-24-14-6-4-13(19)5-7-14/h3-8,11,22H,2,9-10H2,1H3. The Balaban J connectivity index is 1.72. The summed E-state index contributed by atoms with van der Waals surface area (Å²) in [6.45, 7) is 2.99. The van der Waals surface area contributed by atoms with E-state index in [9.17, 15) is 10.0 Å². The van der Waals surface area contributed by atoms with Crippen LogP contribution in [0.15, 0.2) is 52.1 Å². The van der Waals surface area contributed by atoms with Gasteiger partial charge in [0, 0.05) is 16.4 Å². The first-order valence-electron chi connectivity index (χ1n) is 7.63. The van der Waals surface area contributed by atoms with Crippen molar-refractivity contribution in [3.8, 4) is 11.6 Å². The highest BCUT2D eigenvalue weighted by Crippen LogP contribution is 2.38. The van der Waals surface area contributed by atoms with Crippen molar-refractivity contribution in [3.05, 3.63) is 57.4 Å². The van der Waals surface area contributed by atoms with Crippen LogP contribution in [-0.2, 0) is 6.54 Å². The van der Waals surface area contributed by atoms with E-state index in [2.05, 4.69) is 21.1 Å². The van der Waals surface area contributed by atoms with E-state index < -0.39 is 0 Å². The minimum atomic E-state index is -0.0887. The lowest BCUT2D eigenvalue weighted by atomic mass is 10.1. The molecule has 0 amide bonds. The van der Waals surface area contributed by atoms with Crippen LogP contribution in [0, 0.1) is 11.8 Å². The topological polar surface area (TPSA) is 63.8 Å². The number of ether oxygens (including phenoxy) is 1. The lowest BCUT2D eigenvalue weighted by Crippen LogP contribution is -2.04. The van der Waals surface area contributed by atoms with E-state index in [0.717, 1.165) is 21.3 Å². The van der Waals surface area contributed by atoms with Crippen molar-refractivity contribution in [3.63, 3.8) is 0 Å². The fourth-order valence-corrected chi connectivity index (χ4v) is 2.96. The van der Waals surface area contributed by atoms with Crippen LogP contribution < -0.4 is 4.74 Å². The number of nitrogens with zero attached hydrogens (tertiary/aromatic N) is 2. The summed E-state index contributed by atoms with van der Waals surface area (Å²) in [4.78, 5) is 11.1. The molecule has 0 atom stereocenters. The van der Waals surface area contributed by atoms with E-state index in [1.807, 2.05) is 49.4 Å². The van der Waals surface area contributed by atoms with E-state index in [1.54, 1.807) is 4.57 Å². The Morgan fingerprint density at radius 2 is 1.96 bits per heavy atom. The van der Waals surface area contributed by atoms with Crippen LogP contribution in [0.4, 0.5) is 5.69 Å². The van der Waals surface area contributed by atoms with Gasteiger partial charge in [-0.3, -0.25) is 0 Å². The van der Waals surface area contributed by atoms with E-state index >= 15 is 0 Å². The minimum Gasteiger partial charge on any atom is -0.494 e. The molecule has 0 unspecified atom stereocenters. The summed E-state index contributed by atoms with van der Waals surface area (Å²) in [5.74, 6) is 0.708. The largest absolute Gasteiger partial charge is 0.494 e. The Morgan fingerprint density at radius 3 is 2.67 bits per heavy atom. The molecule has 24 heavy (non-hydrogen) atoms. The van der Waals surface area contributed by atoms with Crippen molar-refractivity contribution in [1.29, 1.82) is 0 Å². The molecule has 124 valence electrons. The molecule has 0 aliphatic carbocycles. The summed E-state index contributed by atoms with van der Waals surface area (Å²) < 4.78 is 8.39. The number of hydrogen-bond donors (Lipinski definition) is 1. The average molecular weight is 389 g/mol. The van der Waals surface area contributed by atoms with E-state index in [4.69, 9.17) is 4.74 Å². The second-order valence-corrected chi connectivity index (χ2v) is 6.51. The van der Waals surface area contributed by atoms with E-state index in [-0.39, 0.29) is 11.6 Å². The molecule has 0 aliphatic heterocycles. The summed E-state index contributed by atoms with van der Waals surface area (Å²) in [6, 6.07) is 13.3. The van der Waals surface area contributed by atoms with Gasteiger partial charge in [-0.25, -0.2) is 0 Å². The maximum Gasteiger partial charge on any atom is 0.222 e. The van der Waals surface area contributed by atoms with Crippen molar-refractivity contribution in [2.45, 2.75) is 19.9 Å². The smallest absolute Gasteiger partial charge is 0.222 e. The second-order valence-electron chi connectivity index (χ2n) is 5.59. The molecule has 1 heterocycles. The highest BCUT2D eigenvalue weighted by molar-refractivity contribution is 9.10. The van der Waals surface area contributed by atoms with Gasteiger partial charge in [-0.15, -0.1) is 4.91 Å². The van der Waals surface area contributed by atoms with Crippen LogP contribution in [0.5, 0.6) is 11.6 Å². The lowest BCUT2D eigenvalue weighted by molar-refractivity contribution is 0.298. The predicted octanol–water partition coefficient (Wildman–Crippen LogP) is 5.28. The first-order chi connectivity index (χ1) is 11.6. The van der Waals surface area contributed by atoms with Gasteiger partial charge in [-0.1, -0.05) is 27.6 Å². The molecule has 0 aliphatic rings. The monoisotopic (exact) mass is 388 g/mol. The van der Waals surface area contributed by atoms with Crippen LogP contribution in [0.25, 0.3) is 10.9 Å². The van der Waals surface area contributed by atoms with Crippen LogP contribution >= 0.6 is 15.9 Å². The molecular weight excluding hydrogens is 372 g/mol. The van der Waals surface area contributed by atoms with Crippen molar-refractivity contribution in [1.82, 2.24) is 4.57 Å². The maximum absolute atomic E-state index is 11.1. The first-order valence-corrected chi connectivity index (χ1v) is 8.43. The SMILES string of the molecule is Cc1ccc2c(c1)c(N=O)c(O)n2CCCOc1ccc(Br)cc1. The molecule has 0 saturated carbocycles. The molecule has 3 rings (SSSR count). The first kappa shape index (κ1) is 16.5. The normalized spacial score (nSPS) is 10.9. The lowest BCUT2D eigenvalue weighted by Gasteiger charge is -2.09. The van der Waals surface area contributed by atoms with Gasteiger partial charge in [0.1, 0.15) is 5.75 Å². The molecule has 3 aromatic rings. The Labute approximate surface area is 148 Å². The zero-order valence-corrected chi connectivity index (χ0v) is 14.8. The molecular formula is C18H17BrN2O3. The van der Waals surface area contributed by atoms with Crippen molar-refractivity contribution in [2.75, 3.05) is 6.61 Å². The van der Waals surface area contributed by atoms with Crippen molar-refractivity contribution >= 4 is 32.5 Å². The summed E-state index contributed by atoms with van der Waals surface area (Å²) in [5, 5.41) is 13.9. The molecule has 1 N–H and O–H groups in total. The van der Waals surface area contributed by atoms with Gasteiger partial charge in [0.25, 0.3) is 0 Å². The number of aromatic nitrogens is 1. The van der Waals surface area contributed by atoms with Crippen LogP contribution in [0.1, 0.15) is 12.0 Å². The number of nitroso groups, excluding NO2 is 1. The van der Waals surface area contributed by atoms with Gasteiger partial charge in [-0.2, -0.15) is 0 Å². The molecule has 0 saturated heterocycles. The number of aryl methyl sites for hydroxylation is 2. The Bertz CT molecular complexity index is 872. The van der Waals surface area contributed by atoms with Gasteiger partial charge >= 0.3 is 0 Å². The van der Waals surface area contributed by atoms with Gasteiger partial charge in [0.15, 0.2) is 5.69 Å². The summed E-state index contributed by atoms with van der Waals surface area (Å²) >= 11 is 3.38. The summed E-state index contributed by atoms with van der Waals surface area (Å²) in [6.07, 6.45) is 0.694. The van der Waals surface area contributed by atoms with Gasteiger partial charge < -0.3 is 14.4 Å². The zero-order chi connectivity index (χ0) is 17.1. The second kappa shape index (κ2) is 7.05. The number of benzene rings is 2. The third-order valence-corrected chi connectivity index (χ3v) is 4.39. The van der Waals surface area contributed by atoms with Crippen molar-refractivity contribution in [2.24, 2.45) is 5.18 Å². The van der Waals surface area contributed by atoms with Gasteiger partial charge in [0.05, 0.1) is 12.1 Å². The minimum absolute atomic E-state index is 0.0887. The molecule has 0 spiro atoms. The number of rotatable bonds is 6. The third-order valence-electron chi connectivity index (χ3n) is 3.87. The maximum atomic E-state index is 11.1. The summed E-state index contributed by atoms with van der Waals surface area (Å²) in [5.41, 5.74) is 1.92. The van der Waals surface area contributed by atoms with Crippen molar-refractivity contribution < 1.29 is 9.84 Å². The number of fused-ring (bicyclic) bond motifs is 1. The van der Waals surface area contributed by atoms with E-state index in [0.29, 0.717) is 25.0 Å². The van der Waals surface area contributed by atoms with Crippen LogP contribution in [0.3, 0.4) is 0 Å². The van der Waals surface area contributed by atoms with Gasteiger partial charge in [0.2, 0.25) is 5.88 Å². The summed E-state index contributed by atoms with van der Waals surface area (Å²) in [7, 11) is 0. The molecule has 2 aromatic carbocycles. The number of aromatic hydroxyl groups is 1. The van der Waals surface area contributed by atoms with Gasteiger partial charge in [-0.05, 0) is 54.9 Å². The Kier molecular flexibility index (Phi) is 4.85. The Morgan fingerprint density at radius 1 is 1.21 bits per heavy atom. The molecule has 1 aromatic heterocycles. The van der Waals surface area contributed by atoms with E-state index in [1.165, 1.54) is 0 Å². The predicted molar refractivity (Wildman–Crippen MR) is 98.0 cm³/mol. The molecule has 5 nitrogen and oxygen atoms in total. The van der Waals surface area contributed by atoms with Crippen LogP contribution in [0.2, 0.25) is 0 Å². The number of hydrogen-bond acceptors (Lipinski definition) is 4. The third kappa shape index (κ3) is 3.28. The highest BCUT2D eigenvalue weighted by atomic mass is 79.9.